The fourth-order valence-electron chi connectivity index (χ4n) is 3.50. The molecule has 0 aliphatic carbocycles. The van der Waals surface area contributed by atoms with Gasteiger partial charge in [0.25, 0.3) is 5.91 Å². The van der Waals surface area contributed by atoms with Crippen LogP contribution in [0.5, 0.6) is 11.5 Å². The molecule has 10 heteroatoms. The van der Waals surface area contributed by atoms with Gasteiger partial charge in [-0.15, -0.1) is 24.0 Å². The summed E-state index contributed by atoms with van der Waals surface area (Å²) in [5.74, 6) is 1.81. The molecule has 1 saturated heterocycles. The summed E-state index contributed by atoms with van der Waals surface area (Å²) in [6.07, 6.45) is 0.860. The van der Waals surface area contributed by atoms with Crippen LogP contribution >= 0.6 is 24.0 Å². The maximum Gasteiger partial charge on any atom is 0.254 e. The number of guanidine groups is 1. The molecule has 1 fully saturated rings. The molecule has 2 heterocycles. The molecule has 0 aromatic heterocycles. The van der Waals surface area contributed by atoms with Crippen LogP contribution in [0.4, 0.5) is 5.69 Å². The van der Waals surface area contributed by atoms with Crippen molar-refractivity contribution in [2.45, 2.75) is 13.0 Å². The Morgan fingerprint density at radius 2 is 1.88 bits per heavy atom. The number of aliphatic imine (C=N–C) groups is 1. The molecule has 2 aliphatic rings. The van der Waals surface area contributed by atoms with Gasteiger partial charge in [0.15, 0.2) is 17.5 Å². The highest BCUT2D eigenvalue weighted by molar-refractivity contribution is 14.0. The third-order valence-corrected chi connectivity index (χ3v) is 5.22. The van der Waals surface area contributed by atoms with Crippen molar-refractivity contribution in [2.75, 3.05) is 45.2 Å². The van der Waals surface area contributed by atoms with E-state index in [2.05, 4.69) is 20.9 Å². The number of hydrogen-bond acceptors (Lipinski definition) is 5. The van der Waals surface area contributed by atoms with Gasteiger partial charge in [-0.05, 0) is 29.8 Å². The van der Waals surface area contributed by atoms with Crippen LogP contribution in [0.2, 0.25) is 0 Å². The first kappa shape index (κ1) is 24.6. The Morgan fingerprint density at radius 3 is 2.61 bits per heavy atom. The molecule has 0 bridgehead atoms. The van der Waals surface area contributed by atoms with Crippen LogP contribution in [0.1, 0.15) is 22.3 Å². The van der Waals surface area contributed by atoms with Crippen molar-refractivity contribution in [1.82, 2.24) is 15.5 Å². The van der Waals surface area contributed by atoms with Crippen molar-refractivity contribution in [3.05, 3.63) is 53.6 Å². The number of nitrogens with one attached hydrogen (secondary N) is 3. The van der Waals surface area contributed by atoms with Gasteiger partial charge in [0, 0.05) is 50.4 Å². The number of carbonyl (C=O) groups excluding carboxylic acids is 2. The third-order valence-electron chi connectivity index (χ3n) is 5.22. The molecule has 2 amide bonds. The lowest BCUT2D eigenvalue weighted by molar-refractivity contribution is -0.123. The highest BCUT2D eigenvalue weighted by atomic mass is 127. The molecule has 4 rings (SSSR count). The number of carbonyl (C=O) groups is 2. The molecule has 9 nitrogen and oxygen atoms in total. The molecule has 33 heavy (non-hydrogen) atoms. The van der Waals surface area contributed by atoms with Gasteiger partial charge in [0.1, 0.15) is 0 Å². The molecule has 2 aromatic carbocycles. The Hall–Kier alpha value is -3.02. The quantitative estimate of drug-likeness (QED) is 0.299. The second-order valence-electron chi connectivity index (χ2n) is 7.54. The van der Waals surface area contributed by atoms with Gasteiger partial charge < -0.3 is 30.3 Å². The van der Waals surface area contributed by atoms with E-state index in [9.17, 15) is 9.59 Å². The fraction of sp³-hybridized carbons (Fsp3) is 0.348. The molecule has 0 saturated carbocycles. The van der Waals surface area contributed by atoms with Gasteiger partial charge in [-0.25, -0.2) is 0 Å². The first-order chi connectivity index (χ1) is 15.6. The fourth-order valence-corrected chi connectivity index (χ4v) is 3.50. The largest absolute Gasteiger partial charge is 0.490 e. The van der Waals surface area contributed by atoms with E-state index < -0.39 is 0 Å². The molecule has 0 atom stereocenters. The summed E-state index contributed by atoms with van der Waals surface area (Å²) in [6, 6.07) is 13.1. The number of ether oxygens (including phenoxy) is 2. The Labute approximate surface area is 209 Å². The smallest absolute Gasteiger partial charge is 0.254 e. The van der Waals surface area contributed by atoms with Crippen molar-refractivity contribution in [3.63, 3.8) is 0 Å². The summed E-state index contributed by atoms with van der Waals surface area (Å²) >= 11 is 0. The average Bonchev–Trinajstić information content (AvgIpc) is 3.06. The summed E-state index contributed by atoms with van der Waals surface area (Å²) in [4.78, 5) is 29.9. The first-order valence-corrected chi connectivity index (χ1v) is 10.6. The van der Waals surface area contributed by atoms with Gasteiger partial charge in [0.2, 0.25) is 5.91 Å². The molecule has 0 unspecified atom stereocenters. The van der Waals surface area contributed by atoms with Crippen molar-refractivity contribution in [3.8, 4) is 11.5 Å². The van der Waals surface area contributed by atoms with Crippen molar-refractivity contribution in [2.24, 2.45) is 4.99 Å². The standard InChI is InChI=1S/C23H27N5O4.HI/c1-24-23(27-18-7-8-19-20(13-18)32-12-2-11-31-19)26-14-16-3-5-17(6-4-16)22(30)28-10-9-25-21(29)15-28;/h3-8,13H,2,9-12,14-15H2,1H3,(H,25,29)(H2,24,26,27);1H. The summed E-state index contributed by atoms with van der Waals surface area (Å²) in [5.41, 5.74) is 2.41. The van der Waals surface area contributed by atoms with Gasteiger partial charge >= 0.3 is 0 Å². The minimum absolute atomic E-state index is 0. The Bertz CT molecular complexity index is 1010. The lowest BCUT2D eigenvalue weighted by Crippen LogP contribution is -2.49. The van der Waals surface area contributed by atoms with Crippen LogP contribution < -0.4 is 25.4 Å². The number of halogens is 1. The normalized spacial score (nSPS) is 15.6. The minimum Gasteiger partial charge on any atom is -0.490 e. The van der Waals surface area contributed by atoms with E-state index in [-0.39, 0.29) is 42.3 Å². The zero-order valence-corrected chi connectivity index (χ0v) is 20.8. The summed E-state index contributed by atoms with van der Waals surface area (Å²) in [7, 11) is 1.70. The van der Waals surface area contributed by atoms with E-state index in [0.717, 1.165) is 29.2 Å². The predicted molar refractivity (Wildman–Crippen MR) is 137 cm³/mol. The Morgan fingerprint density at radius 1 is 1.12 bits per heavy atom. The van der Waals surface area contributed by atoms with Crippen LogP contribution in [-0.2, 0) is 11.3 Å². The molecule has 176 valence electrons. The van der Waals surface area contributed by atoms with Crippen molar-refractivity contribution in [1.29, 1.82) is 0 Å². The molecule has 0 spiro atoms. The van der Waals surface area contributed by atoms with Gasteiger partial charge in [0.05, 0.1) is 19.8 Å². The molecular formula is C23H28IN5O4. The number of rotatable bonds is 4. The Kier molecular flexibility index (Phi) is 8.75. The summed E-state index contributed by atoms with van der Waals surface area (Å²) in [6.45, 7) is 2.93. The van der Waals surface area contributed by atoms with Gasteiger partial charge in [-0.1, -0.05) is 12.1 Å². The molecule has 0 radical (unpaired) electrons. The molecule has 2 aliphatic heterocycles. The topological polar surface area (TPSA) is 104 Å². The number of nitrogens with zero attached hydrogens (tertiary/aromatic N) is 2. The number of piperazine rings is 1. The van der Waals surface area contributed by atoms with E-state index in [1.54, 1.807) is 24.1 Å². The number of benzene rings is 2. The summed E-state index contributed by atoms with van der Waals surface area (Å²) < 4.78 is 11.4. The molecule has 2 aromatic rings. The Balaban J connectivity index is 0.00000306. The zero-order valence-electron chi connectivity index (χ0n) is 18.4. The second kappa shape index (κ2) is 11.7. The van der Waals surface area contributed by atoms with Crippen LogP contribution in [0.15, 0.2) is 47.5 Å². The molecular weight excluding hydrogens is 537 g/mol. The average molecular weight is 565 g/mol. The summed E-state index contributed by atoms with van der Waals surface area (Å²) in [5, 5.41) is 9.24. The van der Waals surface area contributed by atoms with Crippen LogP contribution in [0, 0.1) is 0 Å². The lowest BCUT2D eigenvalue weighted by Gasteiger charge is -2.26. The number of hydrogen-bond donors (Lipinski definition) is 3. The van der Waals surface area contributed by atoms with E-state index in [4.69, 9.17) is 9.47 Å². The van der Waals surface area contributed by atoms with Crippen LogP contribution in [-0.4, -0.2) is 62.6 Å². The van der Waals surface area contributed by atoms with E-state index in [0.29, 0.717) is 44.4 Å². The van der Waals surface area contributed by atoms with Crippen LogP contribution in [0.3, 0.4) is 0 Å². The monoisotopic (exact) mass is 565 g/mol. The van der Waals surface area contributed by atoms with Gasteiger partial charge in [-0.3, -0.25) is 14.6 Å². The maximum atomic E-state index is 12.6. The van der Waals surface area contributed by atoms with Crippen LogP contribution in [0.25, 0.3) is 0 Å². The highest BCUT2D eigenvalue weighted by Gasteiger charge is 2.22. The van der Waals surface area contributed by atoms with E-state index >= 15 is 0 Å². The first-order valence-electron chi connectivity index (χ1n) is 10.6. The number of fused-ring (bicyclic) bond motifs is 1. The van der Waals surface area contributed by atoms with Crippen molar-refractivity contribution >= 4 is 47.4 Å². The van der Waals surface area contributed by atoms with Crippen molar-refractivity contribution < 1.29 is 19.1 Å². The predicted octanol–water partition coefficient (Wildman–Crippen LogP) is 2.23. The van der Waals surface area contributed by atoms with E-state index in [1.165, 1.54) is 0 Å². The SMILES string of the molecule is CN=C(NCc1ccc(C(=O)N2CCNC(=O)C2)cc1)Nc1ccc2c(c1)OCCCO2.I. The highest BCUT2D eigenvalue weighted by Crippen LogP contribution is 2.32. The van der Waals surface area contributed by atoms with Gasteiger partial charge in [-0.2, -0.15) is 0 Å². The third kappa shape index (κ3) is 6.50. The number of anilines is 1. The maximum absolute atomic E-state index is 12.6. The zero-order chi connectivity index (χ0) is 22.3. The minimum atomic E-state index is -0.133. The molecule has 3 N–H and O–H groups in total. The number of amides is 2. The van der Waals surface area contributed by atoms with E-state index in [1.807, 2.05) is 30.3 Å². The lowest BCUT2D eigenvalue weighted by atomic mass is 10.1. The second-order valence-corrected chi connectivity index (χ2v) is 7.54.